The number of ether oxygens (including phenoxy) is 1. The molecule has 2 rings (SSSR count). The van der Waals surface area contributed by atoms with Crippen molar-refractivity contribution >= 4 is 21.4 Å². The molecule has 21 heavy (non-hydrogen) atoms. The Balaban J connectivity index is 2.18. The molecule has 0 bridgehead atoms. The van der Waals surface area contributed by atoms with Crippen molar-refractivity contribution in [2.75, 3.05) is 13.3 Å². The molecule has 0 fully saturated rings. The Bertz CT molecular complexity index is 727. The van der Waals surface area contributed by atoms with E-state index >= 15 is 0 Å². The average molecular weight is 326 g/mol. The predicted molar refractivity (Wildman–Crippen MR) is 83.8 cm³/mol. The topological polar surface area (TPSA) is 55.4 Å². The summed E-state index contributed by atoms with van der Waals surface area (Å²) in [7, 11) is -1.34. The lowest BCUT2D eigenvalue weighted by atomic mass is 10.2. The molecule has 0 spiro atoms. The van der Waals surface area contributed by atoms with Crippen LogP contribution in [0.15, 0.2) is 47.4 Å². The van der Waals surface area contributed by atoms with Crippen molar-refractivity contribution in [2.45, 2.75) is 11.4 Å². The standard InChI is InChI=1S/C15H16ClNO3S/c1-17-10-11-3-8-15(14(16)9-11)20-12-4-6-13(7-5-12)21(2,18)19/h3-9,17H,10H2,1-2H3. The molecule has 1 N–H and O–H groups in total. The zero-order chi connectivity index (χ0) is 15.5. The number of rotatable bonds is 5. The molecule has 0 unspecified atom stereocenters. The number of halogens is 1. The third-order valence-electron chi connectivity index (χ3n) is 2.86. The van der Waals surface area contributed by atoms with E-state index < -0.39 is 9.84 Å². The summed E-state index contributed by atoms with van der Waals surface area (Å²) in [5.74, 6) is 1.06. The molecule has 112 valence electrons. The quantitative estimate of drug-likeness (QED) is 0.916. The van der Waals surface area contributed by atoms with Crippen LogP contribution in [-0.2, 0) is 16.4 Å². The molecule has 0 aliphatic carbocycles. The number of benzene rings is 2. The van der Waals surface area contributed by atoms with Gasteiger partial charge in [-0.15, -0.1) is 0 Å². The monoisotopic (exact) mass is 325 g/mol. The fourth-order valence-corrected chi connectivity index (χ4v) is 2.70. The molecule has 0 radical (unpaired) electrons. The van der Waals surface area contributed by atoms with E-state index in [9.17, 15) is 8.42 Å². The summed E-state index contributed by atoms with van der Waals surface area (Å²) in [6, 6.07) is 11.8. The van der Waals surface area contributed by atoms with E-state index in [1.54, 1.807) is 18.2 Å². The normalized spacial score (nSPS) is 11.4. The third-order valence-corrected chi connectivity index (χ3v) is 4.28. The van der Waals surface area contributed by atoms with E-state index in [4.69, 9.17) is 16.3 Å². The van der Waals surface area contributed by atoms with Crippen LogP contribution < -0.4 is 10.1 Å². The van der Waals surface area contributed by atoms with Gasteiger partial charge < -0.3 is 10.1 Å². The SMILES string of the molecule is CNCc1ccc(Oc2ccc(S(C)(=O)=O)cc2)c(Cl)c1. The van der Waals surface area contributed by atoms with E-state index in [1.165, 1.54) is 18.4 Å². The number of sulfone groups is 1. The number of nitrogens with one attached hydrogen (secondary N) is 1. The van der Waals surface area contributed by atoms with Gasteiger partial charge >= 0.3 is 0 Å². The highest BCUT2D eigenvalue weighted by Crippen LogP contribution is 2.30. The second kappa shape index (κ2) is 6.47. The molecular weight excluding hydrogens is 310 g/mol. The van der Waals surface area contributed by atoms with Crippen LogP contribution in [0.25, 0.3) is 0 Å². The van der Waals surface area contributed by atoms with Crippen LogP contribution in [0.4, 0.5) is 0 Å². The number of hydrogen-bond donors (Lipinski definition) is 1. The Kier molecular flexibility index (Phi) is 4.88. The lowest BCUT2D eigenvalue weighted by molar-refractivity contribution is 0.482. The first-order valence-corrected chi connectivity index (χ1v) is 8.58. The van der Waals surface area contributed by atoms with Crippen molar-refractivity contribution in [3.05, 3.63) is 53.1 Å². The summed E-state index contributed by atoms with van der Waals surface area (Å²) in [4.78, 5) is 0.255. The second-order valence-corrected chi connectivity index (χ2v) is 7.06. The minimum absolute atomic E-state index is 0.255. The first-order chi connectivity index (χ1) is 9.90. The van der Waals surface area contributed by atoms with Gasteiger partial charge in [-0.25, -0.2) is 8.42 Å². The fraction of sp³-hybridized carbons (Fsp3) is 0.200. The van der Waals surface area contributed by atoms with Crippen LogP contribution in [0.5, 0.6) is 11.5 Å². The molecular formula is C15H16ClNO3S. The largest absolute Gasteiger partial charge is 0.456 e. The minimum Gasteiger partial charge on any atom is -0.456 e. The molecule has 0 saturated carbocycles. The van der Waals surface area contributed by atoms with E-state index in [2.05, 4.69) is 5.32 Å². The smallest absolute Gasteiger partial charge is 0.175 e. The summed E-state index contributed by atoms with van der Waals surface area (Å²) in [6.45, 7) is 0.725. The Morgan fingerprint density at radius 1 is 1.14 bits per heavy atom. The molecule has 2 aromatic carbocycles. The van der Waals surface area contributed by atoms with Crippen molar-refractivity contribution in [3.63, 3.8) is 0 Å². The zero-order valence-corrected chi connectivity index (χ0v) is 13.3. The third kappa shape index (κ3) is 4.20. The van der Waals surface area contributed by atoms with Gasteiger partial charge in [-0.05, 0) is 49.0 Å². The van der Waals surface area contributed by atoms with Crippen LogP contribution in [-0.4, -0.2) is 21.7 Å². The molecule has 6 heteroatoms. The maximum absolute atomic E-state index is 11.4. The second-order valence-electron chi connectivity index (χ2n) is 4.64. The van der Waals surface area contributed by atoms with Crippen molar-refractivity contribution < 1.29 is 13.2 Å². The minimum atomic E-state index is -3.20. The maximum Gasteiger partial charge on any atom is 0.175 e. The molecule has 0 amide bonds. The van der Waals surface area contributed by atoms with Gasteiger partial charge in [0.05, 0.1) is 9.92 Å². The summed E-state index contributed by atoms with van der Waals surface area (Å²) in [6.07, 6.45) is 1.17. The predicted octanol–water partition coefficient (Wildman–Crippen LogP) is 3.26. The lowest BCUT2D eigenvalue weighted by Crippen LogP contribution is -2.04. The highest BCUT2D eigenvalue weighted by molar-refractivity contribution is 7.90. The molecule has 0 aliphatic rings. The van der Waals surface area contributed by atoms with Crippen molar-refractivity contribution in [1.29, 1.82) is 0 Å². The molecule has 0 heterocycles. The van der Waals surface area contributed by atoms with Gasteiger partial charge in [-0.2, -0.15) is 0 Å². The molecule has 4 nitrogen and oxygen atoms in total. The Hall–Kier alpha value is -1.56. The van der Waals surface area contributed by atoms with Crippen molar-refractivity contribution in [2.24, 2.45) is 0 Å². The van der Waals surface area contributed by atoms with Crippen molar-refractivity contribution in [1.82, 2.24) is 5.32 Å². The number of hydrogen-bond acceptors (Lipinski definition) is 4. The van der Waals surface area contributed by atoms with Crippen LogP contribution in [0.1, 0.15) is 5.56 Å². The summed E-state index contributed by atoms with van der Waals surface area (Å²) in [5.41, 5.74) is 1.06. The van der Waals surface area contributed by atoms with E-state index in [0.29, 0.717) is 16.5 Å². The summed E-state index contributed by atoms with van der Waals surface area (Å²) >= 11 is 6.17. The Morgan fingerprint density at radius 2 is 1.81 bits per heavy atom. The first kappa shape index (κ1) is 15.8. The van der Waals surface area contributed by atoms with Crippen molar-refractivity contribution in [3.8, 4) is 11.5 Å². The van der Waals surface area contributed by atoms with Crippen LogP contribution in [0.2, 0.25) is 5.02 Å². The van der Waals surface area contributed by atoms with E-state index in [-0.39, 0.29) is 4.90 Å². The Labute approximate surface area is 129 Å². The van der Waals surface area contributed by atoms with Gasteiger partial charge in [0.15, 0.2) is 9.84 Å². The molecule has 0 aromatic heterocycles. The highest BCUT2D eigenvalue weighted by Gasteiger charge is 2.08. The maximum atomic E-state index is 11.4. The van der Waals surface area contributed by atoms with Gasteiger partial charge in [0.1, 0.15) is 11.5 Å². The molecule has 2 aromatic rings. The van der Waals surface area contributed by atoms with Crippen LogP contribution >= 0.6 is 11.6 Å². The van der Waals surface area contributed by atoms with Gasteiger partial charge in [-0.1, -0.05) is 17.7 Å². The average Bonchev–Trinajstić information content (AvgIpc) is 2.42. The highest BCUT2D eigenvalue weighted by atomic mass is 35.5. The zero-order valence-electron chi connectivity index (χ0n) is 11.8. The molecule has 0 atom stereocenters. The lowest BCUT2D eigenvalue weighted by Gasteiger charge is -2.09. The summed E-state index contributed by atoms with van der Waals surface area (Å²) in [5, 5.41) is 3.55. The molecule has 0 saturated heterocycles. The fourth-order valence-electron chi connectivity index (χ4n) is 1.82. The Morgan fingerprint density at radius 3 is 2.33 bits per heavy atom. The first-order valence-electron chi connectivity index (χ1n) is 6.31. The van der Waals surface area contributed by atoms with Gasteiger partial charge in [0.2, 0.25) is 0 Å². The van der Waals surface area contributed by atoms with E-state index in [0.717, 1.165) is 12.1 Å². The van der Waals surface area contributed by atoms with Gasteiger partial charge in [0, 0.05) is 12.8 Å². The summed E-state index contributed by atoms with van der Waals surface area (Å²) < 4.78 is 28.4. The van der Waals surface area contributed by atoms with Gasteiger partial charge in [0.25, 0.3) is 0 Å². The van der Waals surface area contributed by atoms with Crippen LogP contribution in [0, 0.1) is 0 Å². The van der Waals surface area contributed by atoms with Gasteiger partial charge in [-0.3, -0.25) is 0 Å². The van der Waals surface area contributed by atoms with E-state index in [1.807, 2.05) is 19.2 Å². The van der Waals surface area contributed by atoms with Crippen LogP contribution in [0.3, 0.4) is 0 Å². The molecule has 0 aliphatic heterocycles.